The van der Waals surface area contributed by atoms with Crippen LogP contribution in [0.5, 0.6) is 11.5 Å². The minimum atomic E-state index is -0.0677. The molecule has 0 aliphatic carbocycles. The third kappa shape index (κ3) is 6.24. The van der Waals surface area contributed by atoms with Crippen molar-refractivity contribution >= 4 is 11.8 Å². The average Bonchev–Trinajstić information content (AvgIpc) is 2.89. The van der Waals surface area contributed by atoms with Crippen LogP contribution < -0.4 is 9.47 Å². The molecule has 2 aliphatic heterocycles. The van der Waals surface area contributed by atoms with Crippen LogP contribution in [-0.4, -0.2) is 97.1 Å². The van der Waals surface area contributed by atoms with Crippen LogP contribution in [0.25, 0.3) is 0 Å². The predicted octanol–water partition coefficient (Wildman–Crippen LogP) is 1.68. The molecule has 2 aromatic rings. The number of ether oxygens (including phenoxy) is 3. The quantitative estimate of drug-likeness (QED) is 0.583. The summed E-state index contributed by atoms with van der Waals surface area (Å²) in [4.78, 5) is 35.5. The highest BCUT2D eigenvalue weighted by Gasteiger charge is 2.26. The summed E-state index contributed by atoms with van der Waals surface area (Å²) in [6, 6.07) is 9.07. The van der Waals surface area contributed by atoms with Crippen molar-refractivity contribution in [2.45, 2.75) is 13.5 Å². The van der Waals surface area contributed by atoms with E-state index < -0.39 is 0 Å². The van der Waals surface area contributed by atoms with Crippen molar-refractivity contribution in [1.29, 1.82) is 0 Å². The first-order chi connectivity index (χ1) is 16.6. The van der Waals surface area contributed by atoms with Crippen molar-refractivity contribution in [1.82, 2.24) is 19.7 Å². The Morgan fingerprint density at radius 2 is 1.62 bits per heavy atom. The van der Waals surface area contributed by atoms with Crippen molar-refractivity contribution in [3.05, 3.63) is 53.9 Å². The zero-order valence-electron chi connectivity index (χ0n) is 19.6. The van der Waals surface area contributed by atoms with Gasteiger partial charge in [-0.25, -0.2) is 0 Å². The first-order valence-electron chi connectivity index (χ1n) is 11.8. The maximum Gasteiger partial charge on any atom is 0.254 e. The maximum atomic E-state index is 13.1. The Labute approximate surface area is 200 Å². The first kappa shape index (κ1) is 24.0. The monoisotopic (exact) mass is 468 g/mol. The fraction of sp³-hybridized carbons (Fsp3) is 0.480. The third-order valence-corrected chi connectivity index (χ3v) is 6.02. The van der Waals surface area contributed by atoms with Gasteiger partial charge in [-0.3, -0.25) is 19.5 Å². The Balaban J connectivity index is 1.33. The fourth-order valence-corrected chi connectivity index (χ4v) is 4.06. The van der Waals surface area contributed by atoms with E-state index in [4.69, 9.17) is 14.2 Å². The summed E-state index contributed by atoms with van der Waals surface area (Å²) in [5.74, 6) is 1.18. The molecular weight excluding hydrogens is 436 g/mol. The van der Waals surface area contributed by atoms with Crippen LogP contribution in [0.4, 0.5) is 0 Å². The van der Waals surface area contributed by atoms with Crippen LogP contribution in [0.2, 0.25) is 0 Å². The molecular formula is C25H32N4O5. The fourth-order valence-electron chi connectivity index (χ4n) is 4.06. The van der Waals surface area contributed by atoms with Crippen LogP contribution >= 0.6 is 0 Å². The first-order valence-corrected chi connectivity index (χ1v) is 11.8. The van der Waals surface area contributed by atoms with E-state index in [-0.39, 0.29) is 11.8 Å². The van der Waals surface area contributed by atoms with Gasteiger partial charge in [-0.2, -0.15) is 0 Å². The summed E-state index contributed by atoms with van der Waals surface area (Å²) in [7, 11) is 0. The molecule has 34 heavy (non-hydrogen) atoms. The number of amides is 2. The average molecular weight is 469 g/mol. The number of morpholine rings is 1. The molecule has 2 saturated heterocycles. The second kappa shape index (κ2) is 11.8. The highest BCUT2D eigenvalue weighted by molar-refractivity contribution is 5.95. The maximum absolute atomic E-state index is 13.1. The number of hydrogen-bond acceptors (Lipinski definition) is 7. The number of aromatic nitrogens is 1. The van der Waals surface area contributed by atoms with Crippen LogP contribution in [0.15, 0.2) is 42.7 Å². The number of carbonyl (C=O) groups excluding carboxylic acids is 2. The van der Waals surface area contributed by atoms with E-state index in [0.717, 1.165) is 18.7 Å². The predicted molar refractivity (Wildman–Crippen MR) is 126 cm³/mol. The second-order valence-corrected chi connectivity index (χ2v) is 8.30. The van der Waals surface area contributed by atoms with Crippen molar-refractivity contribution in [3.8, 4) is 11.5 Å². The molecule has 182 valence electrons. The summed E-state index contributed by atoms with van der Waals surface area (Å²) in [6.07, 6.45) is 3.44. The summed E-state index contributed by atoms with van der Waals surface area (Å²) in [5, 5.41) is 0. The SMILES string of the molecule is CCOc1cc(C(=O)N2CCN(C(=O)CN3CCOCC3)CC2)ccc1OCc1ccncc1. The lowest BCUT2D eigenvalue weighted by Crippen LogP contribution is -2.53. The zero-order valence-corrected chi connectivity index (χ0v) is 19.6. The van der Waals surface area contributed by atoms with E-state index in [1.54, 1.807) is 35.5 Å². The van der Waals surface area contributed by atoms with Crippen molar-refractivity contribution in [3.63, 3.8) is 0 Å². The number of piperazine rings is 1. The number of rotatable bonds is 8. The standard InChI is InChI=1S/C25H32N4O5/c1-2-33-23-17-21(3-4-22(23)34-19-20-5-7-26-8-6-20)25(31)29-11-9-28(10-12-29)24(30)18-27-13-15-32-16-14-27/h3-8,17H,2,9-16,18-19H2,1H3. The summed E-state index contributed by atoms with van der Waals surface area (Å²) in [6.45, 7) is 8.19. The molecule has 1 aromatic heterocycles. The van der Waals surface area contributed by atoms with E-state index in [0.29, 0.717) is 76.2 Å². The molecule has 9 nitrogen and oxygen atoms in total. The Morgan fingerprint density at radius 3 is 2.32 bits per heavy atom. The summed E-state index contributed by atoms with van der Waals surface area (Å²) < 4.78 is 17.0. The normalized spacial score (nSPS) is 16.9. The minimum absolute atomic E-state index is 0.0677. The van der Waals surface area contributed by atoms with Gasteiger partial charge in [-0.05, 0) is 42.8 Å². The summed E-state index contributed by atoms with van der Waals surface area (Å²) >= 11 is 0. The van der Waals surface area contributed by atoms with Crippen molar-refractivity contribution in [2.24, 2.45) is 0 Å². The molecule has 0 saturated carbocycles. The van der Waals surface area contributed by atoms with Crippen LogP contribution in [0.3, 0.4) is 0 Å². The Bertz CT molecular complexity index is 957. The summed E-state index contributed by atoms with van der Waals surface area (Å²) in [5.41, 5.74) is 1.55. The van der Waals surface area contributed by atoms with E-state index in [2.05, 4.69) is 9.88 Å². The molecule has 3 heterocycles. The largest absolute Gasteiger partial charge is 0.490 e. The molecule has 9 heteroatoms. The smallest absolute Gasteiger partial charge is 0.254 e. The Kier molecular flexibility index (Phi) is 8.32. The molecule has 0 spiro atoms. The topological polar surface area (TPSA) is 84.4 Å². The van der Waals surface area contributed by atoms with E-state index >= 15 is 0 Å². The van der Waals surface area contributed by atoms with E-state index in [1.807, 2.05) is 24.0 Å². The Hall–Kier alpha value is -3.17. The second-order valence-electron chi connectivity index (χ2n) is 8.30. The number of pyridine rings is 1. The molecule has 1 aromatic carbocycles. The molecule has 2 amide bonds. The van der Waals surface area contributed by atoms with E-state index in [9.17, 15) is 9.59 Å². The zero-order chi connectivity index (χ0) is 23.8. The van der Waals surface area contributed by atoms with Gasteiger partial charge in [-0.15, -0.1) is 0 Å². The molecule has 4 rings (SSSR count). The van der Waals surface area contributed by atoms with Gasteiger partial charge in [-0.1, -0.05) is 0 Å². The number of carbonyl (C=O) groups is 2. The van der Waals surface area contributed by atoms with Crippen LogP contribution in [0.1, 0.15) is 22.8 Å². The van der Waals surface area contributed by atoms with Crippen molar-refractivity contribution in [2.75, 3.05) is 65.6 Å². The third-order valence-electron chi connectivity index (χ3n) is 6.02. The molecule has 0 radical (unpaired) electrons. The van der Waals surface area contributed by atoms with Gasteiger partial charge in [0.15, 0.2) is 11.5 Å². The Morgan fingerprint density at radius 1 is 0.912 bits per heavy atom. The highest BCUT2D eigenvalue weighted by Crippen LogP contribution is 2.30. The van der Waals surface area contributed by atoms with Gasteiger partial charge >= 0.3 is 0 Å². The van der Waals surface area contributed by atoms with Gasteiger partial charge in [0.2, 0.25) is 5.91 Å². The van der Waals surface area contributed by atoms with Crippen molar-refractivity contribution < 1.29 is 23.8 Å². The minimum Gasteiger partial charge on any atom is -0.490 e. The molecule has 2 fully saturated rings. The molecule has 0 unspecified atom stereocenters. The van der Waals surface area contributed by atoms with Crippen LogP contribution in [0, 0.1) is 0 Å². The number of hydrogen-bond donors (Lipinski definition) is 0. The van der Waals surface area contributed by atoms with Gasteiger partial charge < -0.3 is 24.0 Å². The number of nitrogens with zero attached hydrogens (tertiary/aromatic N) is 4. The number of benzene rings is 1. The lowest BCUT2D eigenvalue weighted by Gasteiger charge is -2.36. The molecule has 0 N–H and O–H groups in total. The molecule has 0 bridgehead atoms. The highest BCUT2D eigenvalue weighted by atomic mass is 16.5. The van der Waals surface area contributed by atoms with Gasteiger partial charge in [0, 0.05) is 57.2 Å². The van der Waals surface area contributed by atoms with Gasteiger partial charge in [0.1, 0.15) is 6.61 Å². The lowest BCUT2D eigenvalue weighted by atomic mass is 10.1. The van der Waals surface area contributed by atoms with Crippen LogP contribution in [-0.2, 0) is 16.1 Å². The van der Waals surface area contributed by atoms with Gasteiger partial charge in [0.25, 0.3) is 5.91 Å². The molecule has 2 aliphatic rings. The van der Waals surface area contributed by atoms with E-state index in [1.165, 1.54) is 0 Å². The van der Waals surface area contributed by atoms with Gasteiger partial charge in [0.05, 0.1) is 26.4 Å². The molecule has 0 atom stereocenters. The lowest BCUT2D eigenvalue weighted by molar-refractivity contribution is -0.134.